The van der Waals surface area contributed by atoms with Gasteiger partial charge < -0.3 is 5.32 Å². The quantitative estimate of drug-likeness (QED) is 0.787. The predicted octanol–water partition coefficient (Wildman–Crippen LogP) is 1.98. The van der Waals surface area contributed by atoms with E-state index in [1.165, 1.54) is 6.20 Å². The van der Waals surface area contributed by atoms with Gasteiger partial charge in [0.25, 0.3) is 0 Å². The van der Waals surface area contributed by atoms with Crippen molar-refractivity contribution < 1.29 is 0 Å². The number of fused-ring (bicyclic) bond motifs is 1. The van der Waals surface area contributed by atoms with E-state index in [1.807, 2.05) is 18.4 Å². The largest absolute Gasteiger partial charge is 0.363 e. The molecule has 19 heavy (non-hydrogen) atoms. The average Bonchev–Trinajstić information content (AvgIpc) is 3.04. The Bertz CT molecular complexity index is 752. The fourth-order valence-electron chi connectivity index (χ4n) is 1.80. The van der Waals surface area contributed by atoms with Crippen LogP contribution >= 0.6 is 11.3 Å². The van der Waals surface area contributed by atoms with E-state index in [-0.39, 0.29) is 0 Å². The van der Waals surface area contributed by atoms with E-state index in [1.54, 1.807) is 22.0 Å². The molecule has 0 saturated heterocycles. The zero-order valence-corrected chi connectivity index (χ0v) is 11.0. The van der Waals surface area contributed by atoms with Crippen LogP contribution in [-0.2, 0) is 6.54 Å². The van der Waals surface area contributed by atoms with Crippen molar-refractivity contribution in [2.24, 2.45) is 0 Å². The minimum atomic E-state index is 0.473. The number of aromatic nitrogens is 4. The number of thiazole rings is 1. The second kappa shape index (κ2) is 4.66. The van der Waals surface area contributed by atoms with Crippen LogP contribution in [0.5, 0.6) is 0 Å². The lowest BCUT2D eigenvalue weighted by Gasteiger charge is -2.07. The summed E-state index contributed by atoms with van der Waals surface area (Å²) in [6.45, 7) is 2.51. The minimum Gasteiger partial charge on any atom is -0.363 e. The highest BCUT2D eigenvalue weighted by atomic mass is 32.1. The van der Waals surface area contributed by atoms with Crippen LogP contribution < -0.4 is 5.32 Å². The number of hydrogen-bond donors (Lipinski definition) is 1. The van der Waals surface area contributed by atoms with Gasteiger partial charge in [0.2, 0.25) is 0 Å². The Morgan fingerprint density at radius 3 is 3.16 bits per heavy atom. The van der Waals surface area contributed by atoms with Gasteiger partial charge in [0, 0.05) is 23.3 Å². The molecule has 0 saturated carbocycles. The van der Waals surface area contributed by atoms with E-state index in [0.29, 0.717) is 17.8 Å². The van der Waals surface area contributed by atoms with E-state index in [9.17, 15) is 0 Å². The van der Waals surface area contributed by atoms with Crippen LogP contribution in [0.3, 0.4) is 0 Å². The Morgan fingerprint density at radius 2 is 2.42 bits per heavy atom. The van der Waals surface area contributed by atoms with Crippen LogP contribution in [0.25, 0.3) is 5.65 Å². The lowest BCUT2D eigenvalue weighted by molar-refractivity contribution is 0.915. The summed E-state index contributed by atoms with van der Waals surface area (Å²) in [6.07, 6.45) is 3.30. The van der Waals surface area contributed by atoms with Crippen molar-refractivity contribution in [1.29, 1.82) is 5.26 Å². The molecule has 6 nitrogen and oxygen atoms in total. The van der Waals surface area contributed by atoms with Crippen LogP contribution in [0.1, 0.15) is 16.3 Å². The summed E-state index contributed by atoms with van der Waals surface area (Å²) in [6, 6.07) is 3.99. The summed E-state index contributed by atoms with van der Waals surface area (Å²) in [5, 5.41) is 19.4. The maximum atomic E-state index is 9.01. The van der Waals surface area contributed by atoms with Gasteiger partial charge in [-0.25, -0.2) is 9.97 Å². The van der Waals surface area contributed by atoms with Crippen molar-refractivity contribution in [1.82, 2.24) is 19.6 Å². The molecule has 0 fully saturated rings. The molecule has 0 spiro atoms. The Kier molecular flexibility index (Phi) is 2.85. The molecule has 0 unspecified atom stereocenters. The summed E-state index contributed by atoms with van der Waals surface area (Å²) < 4.78 is 1.64. The SMILES string of the molecule is Cc1cc(NCc2nccs2)n2ncc(C#N)c2n1. The van der Waals surface area contributed by atoms with E-state index >= 15 is 0 Å². The Morgan fingerprint density at radius 1 is 1.53 bits per heavy atom. The second-order valence-corrected chi connectivity index (χ2v) is 4.95. The predicted molar refractivity (Wildman–Crippen MR) is 71.9 cm³/mol. The smallest absolute Gasteiger partial charge is 0.175 e. The highest BCUT2D eigenvalue weighted by molar-refractivity contribution is 7.09. The number of rotatable bonds is 3. The molecule has 0 aliphatic carbocycles. The van der Waals surface area contributed by atoms with Crippen LogP contribution in [-0.4, -0.2) is 19.6 Å². The van der Waals surface area contributed by atoms with Gasteiger partial charge in [-0.1, -0.05) is 0 Å². The normalized spacial score (nSPS) is 10.5. The first-order chi connectivity index (χ1) is 9.28. The van der Waals surface area contributed by atoms with Gasteiger partial charge in [0.1, 0.15) is 22.5 Å². The van der Waals surface area contributed by atoms with Crippen molar-refractivity contribution in [2.45, 2.75) is 13.5 Å². The van der Waals surface area contributed by atoms with Gasteiger partial charge >= 0.3 is 0 Å². The first-order valence-corrected chi connectivity index (χ1v) is 6.53. The van der Waals surface area contributed by atoms with Gasteiger partial charge in [-0.15, -0.1) is 11.3 Å². The van der Waals surface area contributed by atoms with Crippen molar-refractivity contribution in [2.75, 3.05) is 5.32 Å². The molecule has 1 N–H and O–H groups in total. The monoisotopic (exact) mass is 270 g/mol. The summed E-state index contributed by atoms with van der Waals surface area (Å²) in [5.74, 6) is 0.805. The fourth-order valence-corrected chi connectivity index (χ4v) is 2.35. The number of anilines is 1. The Labute approximate surface area is 113 Å². The first-order valence-electron chi connectivity index (χ1n) is 5.65. The molecule has 0 aliphatic heterocycles. The molecule has 0 radical (unpaired) electrons. The standard InChI is InChI=1S/C12H10N6S/c1-8-4-10(15-7-11-14-2-3-19-11)18-12(17-8)9(5-13)6-16-18/h2-4,6,15H,7H2,1H3. The molecule has 3 rings (SSSR count). The number of hydrogen-bond acceptors (Lipinski definition) is 6. The summed E-state index contributed by atoms with van der Waals surface area (Å²) in [7, 11) is 0. The molecule has 0 bridgehead atoms. The highest BCUT2D eigenvalue weighted by Gasteiger charge is 2.09. The van der Waals surface area contributed by atoms with Crippen molar-refractivity contribution in [3.63, 3.8) is 0 Å². The van der Waals surface area contributed by atoms with Crippen LogP contribution in [0.4, 0.5) is 5.82 Å². The molecular weight excluding hydrogens is 260 g/mol. The van der Waals surface area contributed by atoms with Gasteiger partial charge in [0.05, 0.1) is 12.7 Å². The molecule has 3 aromatic rings. The van der Waals surface area contributed by atoms with E-state index in [4.69, 9.17) is 5.26 Å². The Hall–Kier alpha value is -2.46. The lowest BCUT2D eigenvalue weighted by Crippen LogP contribution is -2.06. The van der Waals surface area contributed by atoms with Gasteiger partial charge in [-0.3, -0.25) is 0 Å². The van der Waals surface area contributed by atoms with Gasteiger partial charge in [-0.2, -0.15) is 14.9 Å². The van der Waals surface area contributed by atoms with Crippen molar-refractivity contribution in [3.8, 4) is 6.07 Å². The topological polar surface area (TPSA) is 78.9 Å². The molecule has 0 aliphatic rings. The number of nitriles is 1. The van der Waals surface area contributed by atoms with Gasteiger partial charge in [-0.05, 0) is 6.92 Å². The van der Waals surface area contributed by atoms with Gasteiger partial charge in [0.15, 0.2) is 5.65 Å². The molecule has 0 atom stereocenters. The Balaban J connectivity index is 1.99. The third kappa shape index (κ3) is 2.13. The molecule has 0 amide bonds. The molecule has 0 aromatic carbocycles. The zero-order valence-electron chi connectivity index (χ0n) is 10.2. The molecule has 7 heteroatoms. The molecule has 3 aromatic heterocycles. The van der Waals surface area contributed by atoms with E-state index in [0.717, 1.165) is 16.5 Å². The molecular formula is C12H10N6S. The number of nitrogens with one attached hydrogen (secondary N) is 1. The number of nitrogens with zero attached hydrogens (tertiary/aromatic N) is 5. The summed E-state index contributed by atoms with van der Waals surface area (Å²) in [5.41, 5.74) is 1.89. The maximum Gasteiger partial charge on any atom is 0.175 e. The molecule has 94 valence electrons. The zero-order chi connectivity index (χ0) is 13.2. The summed E-state index contributed by atoms with van der Waals surface area (Å²) in [4.78, 5) is 8.55. The van der Waals surface area contributed by atoms with Crippen LogP contribution in [0.2, 0.25) is 0 Å². The van der Waals surface area contributed by atoms with E-state index < -0.39 is 0 Å². The second-order valence-electron chi connectivity index (χ2n) is 3.97. The minimum absolute atomic E-state index is 0.473. The van der Waals surface area contributed by atoms with Crippen molar-refractivity contribution >= 4 is 22.8 Å². The first kappa shape index (κ1) is 11.6. The lowest BCUT2D eigenvalue weighted by atomic mass is 10.3. The van der Waals surface area contributed by atoms with Crippen LogP contribution in [0.15, 0.2) is 23.8 Å². The van der Waals surface area contributed by atoms with Crippen LogP contribution in [0, 0.1) is 18.3 Å². The summed E-state index contributed by atoms with van der Waals surface area (Å²) >= 11 is 1.59. The third-order valence-corrected chi connectivity index (χ3v) is 3.40. The highest BCUT2D eigenvalue weighted by Crippen LogP contribution is 2.16. The van der Waals surface area contributed by atoms with E-state index in [2.05, 4.69) is 26.5 Å². The third-order valence-electron chi connectivity index (χ3n) is 2.62. The molecule has 3 heterocycles. The maximum absolute atomic E-state index is 9.01. The number of aryl methyl sites for hydroxylation is 1. The average molecular weight is 270 g/mol. The van der Waals surface area contributed by atoms with Crippen molar-refractivity contribution in [3.05, 3.63) is 40.1 Å². The fraction of sp³-hybridized carbons (Fsp3) is 0.167.